The van der Waals surface area contributed by atoms with E-state index >= 15 is 0 Å². The van der Waals surface area contributed by atoms with E-state index in [1.54, 1.807) is 7.11 Å². The van der Waals surface area contributed by atoms with Crippen molar-refractivity contribution in [2.24, 2.45) is 11.3 Å². The van der Waals surface area contributed by atoms with Gasteiger partial charge in [-0.1, -0.05) is 60.7 Å². The number of para-hydroxylation sites is 1. The number of amides is 1. The number of aryl methyl sites for hydroxylation is 2. The maximum absolute atomic E-state index is 13.9. The molecule has 5 nitrogen and oxygen atoms in total. The highest BCUT2D eigenvalue weighted by molar-refractivity contribution is 5.86. The molecule has 38 heavy (non-hydrogen) atoms. The lowest BCUT2D eigenvalue weighted by atomic mass is 9.42. The van der Waals surface area contributed by atoms with Crippen molar-refractivity contribution in [3.63, 3.8) is 0 Å². The third-order valence-electron chi connectivity index (χ3n) is 9.81. The van der Waals surface area contributed by atoms with Crippen LogP contribution < -0.4 is 4.74 Å². The summed E-state index contributed by atoms with van der Waals surface area (Å²) in [5.41, 5.74) is 5.99. The van der Waals surface area contributed by atoms with E-state index in [0.29, 0.717) is 18.8 Å². The summed E-state index contributed by atoms with van der Waals surface area (Å²) < 4.78 is 11.1. The summed E-state index contributed by atoms with van der Waals surface area (Å²) in [4.78, 5) is 29.7. The zero-order valence-corrected chi connectivity index (χ0v) is 22.6. The van der Waals surface area contributed by atoms with Crippen molar-refractivity contribution in [3.05, 3.63) is 100 Å². The molecule has 0 aromatic heterocycles. The van der Waals surface area contributed by atoms with Crippen LogP contribution in [0, 0.1) is 25.2 Å². The Morgan fingerprint density at radius 3 is 2.50 bits per heavy atom. The zero-order chi connectivity index (χ0) is 26.7. The van der Waals surface area contributed by atoms with Crippen LogP contribution in [0.1, 0.15) is 52.1 Å². The van der Waals surface area contributed by atoms with Crippen molar-refractivity contribution >= 4 is 11.9 Å². The first-order valence-electron chi connectivity index (χ1n) is 13.5. The highest BCUT2D eigenvalue weighted by Crippen LogP contribution is 2.69. The van der Waals surface area contributed by atoms with Gasteiger partial charge in [-0.15, -0.1) is 0 Å². The van der Waals surface area contributed by atoms with Gasteiger partial charge in [0.15, 0.2) is 0 Å². The van der Waals surface area contributed by atoms with Gasteiger partial charge in [0.05, 0.1) is 26.1 Å². The Bertz CT molecular complexity index is 1430. The van der Waals surface area contributed by atoms with Crippen LogP contribution in [-0.4, -0.2) is 44.1 Å². The fraction of sp³-hybridized carbons (Fsp3) is 0.394. The number of fused-ring (bicyclic) bond motifs is 1. The lowest BCUT2D eigenvalue weighted by Gasteiger charge is -2.59. The molecule has 2 fully saturated rings. The standard InChI is InChI=1S/C33H35NO4/c1-21-13-14-24(17-22(21)2)32-16-15-27(25-10-6-7-11-26(25)32)33(31(36)38-4)20-34(19-29(32)33)30(35)18-23-9-5-8-12-28(23)37-3/h5-14,17,27,29H,15-16,18-20H2,1-4H3/t27-,29-,32-,33-/m0/s1. The molecule has 1 amide bonds. The molecule has 1 aliphatic heterocycles. The number of hydrogen-bond acceptors (Lipinski definition) is 4. The van der Waals surface area contributed by atoms with Crippen LogP contribution >= 0.6 is 0 Å². The number of carbonyl (C=O) groups excluding carboxylic acids is 2. The predicted molar refractivity (Wildman–Crippen MR) is 146 cm³/mol. The third-order valence-corrected chi connectivity index (χ3v) is 9.81. The van der Waals surface area contributed by atoms with Crippen molar-refractivity contribution in [1.29, 1.82) is 0 Å². The average Bonchev–Trinajstić information content (AvgIpc) is 3.38. The normalized spacial score (nSPS) is 27.0. The minimum atomic E-state index is -0.781. The Labute approximate surface area is 224 Å². The minimum Gasteiger partial charge on any atom is -0.496 e. The second-order valence-electron chi connectivity index (χ2n) is 11.3. The van der Waals surface area contributed by atoms with Crippen molar-refractivity contribution in [3.8, 4) is 5.75 Å². The fourth-order valence-electron chi connectivity index (χ4n) is 7.96. The molecule has 0 unspecified atom stereocenters. The monoisotopic (exact) mass is 509 g/mol. The largest absolute Gasteiger partial charge is 0.496 e. The zero-order valence-electron chi connectivity index (χ0n) is 22.6. The molecule has 4 aliphatic rings. The summed E-state index contributed by atoms with van der Waals surface area (Å²) in [7, 11) is 3.12. The third kappa shape index (κ3) is 3.30. The molecule has 7 rings (SSSR count). The van der Waals surface area contributed by atoms with Crippen LogP contribution in [0.2, 0.25) is 0 Å². The number of ether oxygens (including phenoxy) is 2. The van der Waals surface area contributed by atoms with Crippen molar-refractivity contribution in [2.75, 3.05) is 27.3 Å². The minimum absolute atomic E-state index is 0.0193. The van der Waals surface area contributed by atoms with Crippen molar-refractivity contribution in [1.82, 2.24) is 4.90 Å². The summed E-state index contributed by atoms with van der Waals surface area (Å²) in [6.45, 7) is 5.20. The number of hydrogen-bond donors (Lipinski definition) is 0. The van der Waals surface area contributed by atoms with E-state index in [2.05, 4.69) is 56.3 Å². The lowest BCUT2D eigenvalue weighted by molar-refractivity contribution is -0.161. The van der Waals surface area contributed by atoms with Gasteiger partial charge in [-0.3, -0.25) is 9.59 Å². The molecule has 0 spiro atoms. The Morgan fingerprint density at radius 1 is 0.974 bits per heavy atom. The van der Waals surface area contributed by atoms with Crippen LogP contribution in [0.5, 0.6) is 5.75 Å². The van der Waals surface area contributed by atoms with Crippen molar-refractivity contribution < 1.29 is 19.1 Å². The second-order valence-corrected chi connectivity index (χ2v) is 11.3. The second kappa shape index (κ2) is 9.00. The van der Waals surface area contributed by atoms with E-state index in [4.69, 9.17) is 9.47 Å². The van der Waals surface area contributed by atoms with Crippen LogP contribution in [0.25, 0.3) is 0 Å². The molecular formula is C33H35NO4. The van der Waals surface area contributed by atoms with Gasteiger partial charge < -0.3 is 14.4 Å². The summed E-state index contributed by atoms with van der Waals surface area (Å²) in [6, 6.07) is 23.0. The number of carbonyl (C=O) groups is 2. The highest BCUT2D eigenvalue weighted by atomic mass is 16.5. The molecule has 3 aliphatic carbocycles. The SMILES string of the molecule is COC(=O)[C@]12CN(C(=O)Cc3ccccc3OC)C[C@H]1[C@]1(c3ccc(C)c(C)c3)CC[C@H]2c2ccccc21. The number of esters is 1. The molecular weight excluding hydrogens is 474 g/mol. The Morgan fingerprint density at radius 2 is 1.74 bits per heavy atom. The molecule has 4 atom stereocenters. The Kier molecular flexibility index (Phi) is 5.86. The molecule has 2 bridgehead atoms. The van der Waals surface area contributed by atoms with Crippen LogP contribution in [0.4, 0.5) is 0 Å². The van der Waals surface area contributed by atoms with E-state index in [1.807, 2.05) is 29.2 Å². The summed E-state index contributed by atoms with van der Waals surface area (Å²) in [6.07, 6.45) is 2.08. The summed E-state index contributed by atoms with van der Waals surface area (Å²) in [5.74, 6) is 0.487. The molecule has 1 saturated carbocycles. The first kappa shape index (κ1) is 24.7. The topological polar surface area (TPSA) is 55.8 Å². The summed E-state index contributed by atoms with van der Waals surface area (Å²) >= 11 is 0. The molecule has 1 saturated heterocycles. The number of nitrogens with zero attached hydrogens (tertiary/aromatic N) is 1. The maximum atomic E-state index is 13.9. The van der Waals surface area contributed by atoms with Gasteiger partial charge in [0.2, 0.25) is 5.91 Å². The molecule has 3 aromatic carbocycles. The van der Waals surface area contributed by atoms with E-state index in [1.165, 1.54) is 34.9 Å². The number of rotatable bonds is 5. The van der Waals surface area contributed by atoms with Gasteiger partial charge in [0.1, 0.15) is 5.75 Å². The van der Waals surface area contributed by atoms with Crippen LogP contribution in [0.3, 0.4) is 0 Å². The van der Waals surface area contributed by atoms with Crippen LogP contribution in [0.15, 0.2) is 66.7 Å². The fourth-order valence-corrected chi connectivity index (χ4v) is 7.96. The smallest absolute Gasteiger partial charge is 0.314 e. The van der Waals surface area contributed by atoms with E-state index in [-0.39, 0.29) is 35.5 Å². The first-order valence-corrected chi connectivity index (χ1v) is 13.5. The number of likely N-dealkylation sites (tertiary alicyclic amines) is 1. The maximum Gasteiger partial charge on any atom is 0.314 e. The van der Waals surface area contributed by atoms with Crippen molar-refractivity contribution in [2.45, 2.75) is 44.4 Å². The van der Waals surface area contributed by atoms with Gasteiger partial charge in [0.25, 0.3) is 0 Å². The molecule has 3 aromatic rings. The molecule has 0 N–H and O–H groups in total. The first-order chi connectivity index (χ1) is 18.4. The van der Waals surface area contributed by atoms with E-state index in [9.17, 15) is 9.59 Å². The van der Waals surface area contributed by atoms with Gasteiger partial charge in [0, 0.05) is 35.9 Å². The molecule has 0 radical (unpaired) electrons. The van der Waals surface area contributed by atoms with Gasteiger partial charge in [-0.25, -0.2) is 0 Å². The van der Waals surface area contributed by atoms with E-state index < -0.39 is 5.41 Å². The highest BCUT2D eigenvalue weighted by Gasteiger charge is 2.71. The number of benzene rings is 3. The Balaban J connectivity index is 1.50. The lowest BCUT2D eigenvalue weighted by Crippen LogP contribution is -2.60. The quantitative estimate of drug-likeness (QED) is 0.435. The summed E-state index contributed by atoms with van der Waals surface area (Å²) in [5, 5.41) is 0. The van der Waals surface area contributed by atoms with Gasteiger partial charge in [-0.05, 0) is 60.6 Å². The molecule has 5 heteroatoms. The molecule has 1 heterocycles. The van der Waals surface area contributed by atoms with Gasteiger partial charge >= 0.3 is 5.97 Å². The predicted octanol–water partition coefficient (Wildman–Crippen LogP) is 5.35. The van der Waals surface area contributed by atoms with Crippen LogP contribution in [-0.2, 0) is 26.2 Å². The Hall–Kier alpha value is -3.60. The number of methoxy groups -OCH3 is 2. The molecule has 196 valence electrons. The average molecular weight is 510 g/mol. The van der Waals surface area contributed by atoms with Gasteiger partial charge in [-0.2, -0.15) is 0 Å². The van der Waals surface area contributed by atoms with E-state index in [0.717, 1.165) is 18.4 Å².